The van der Waals surface area contributed by atoms with Crippen molar-refractivity contribution < 1.29 is 0 Å². The van der Waals surface area contributed by atoms with Gasteiger partial charge in [-0.05, 0) is 35.5 Å². The Bertz CT molecular complexity index is 287. The van der Waals surface area contributed by atoms with Crippen molar-refractivity contribution in [2.45, 2.75) is 20.3 Å². The summed E-state index contributed by atoms with van der Waals surface area (Å²) in [7, 11) is 0. The lowest BCUT2D eigenvalue weighted by Crippen LogP contribution is -1.85. The van der Waals surface area contributed by atoms with Gasteiger partial charge in [0, 0.05) is 0 Å². The molecule has 0 heterocycles. The van der Waals surface area contributed by atoms with Crippen LogP contribution in [0.2, 0.25) is 0 Å². The Morgan fingerprint density at radius 3 is 2.58 bits per heavy atom. The molecular weight excluding hydrogens is 164 g/mol. The lowest BCUT2D eigenvalue weighted by atomic mass is 10.0. The fraction of sp³-hybridized carbons (Fsp3) is 0.273. The van der Waals surface area contributed by atoms with Gasteiger partial charge in [0.05, 0.1) is 0 Å². The Morgan fingerprint density at radius 1 is 1.42 bits per heavy atom. The van der Waals surface area contributed by atoms with Gasteiger partial charge >= 0.3 is 0 Å². The molecule has 0 amide bonds. The van der Waals surface area contributed by atoms with Gasteiger partial charge in [-0.15, -0.1) is 0 Å². The Labute approximate surface area is 79.7 Å². The minimum absolute atomic E-state index is 1.04. The summed E-state index contributed by atoms with van der Waals surface area (Å²) < 4.78 is 0. The molecule has 64 valence electrons. The van der Waals surface area contributed by atoms with Crippen molar-refractivity contribution in [3.63, 3.8) is 0 Å². The lowest BCUT2D eigenvalue weighted by Gasteiger charge is -2.06. The predicted octanol–water partition coefficient (Wildman–Crippen LogP) is 3.68. The number of thiol groups is 1. The average molecular weight is 178 g/mol. The van der Waals surface area contributed by atoms with Crippen LogP contribution in [0.4, 0.5) is 0 Å². The molecule has 0 saturated carbocycles. The maximum Gasteiger partial charge on any atom is -0.0190 e. The summed E-state index contributed by atoms with van der Waals surface area (Å²) in [5.74, 6) is 0. The molecule has 0 unspecified atom stereocenters. The summed E-state index contributed by atoms with van der Waals surface area (Å²) in [4.78, 5) is 0. The average Bonchev–Trinajstić information content (AvgIpc) is 2.10. The summed E-state index contributed by atoms with van der Waals surface area (Å²) in [6.45, 7) is 4.27. The van der Waals surface area contributed by atoms with Crippen LogP contribution in [-0.4, -0.2) is 0 Å². The van der Waals surface area contributed by atoms with E-state index in [-0.39, 0.29) is 0 Å². The Morgan fingerprint density at radius 2 is 2.08 bits per heavy atom. The molecule has 0 spiro atoms. The number of aryl methyl sites for hydroxylation is 1. The first-order valence-electron chi connectivity index (χ1n) is 4.18. The SMILES string of the molecule is CC/C(=C/S)c1ccccc1C. The number of hydrogen-bond donors (Lipinski definition) is 1. The van der Waals surface area contributed by atoms with Crippen LogP contribution in [-0.2, 0) is 0 Å². The van der Waals surface area contributed by atoms with Crippen LogP contribution in [0.25, 0.3) is 5.57 Å². The Balaban J connectivity index is 3.10. The molecule has 0 aliphatic heterocycles. The monoisotopic (exact) mass is 178 g/mol. The van der Waals surface area contributed by atoms with Crippen LogP contribution < -0.4 is 0 Å². The molecule has 0 atom stereocenters. The minimum atomic E-state index is 1.04. The van der Waals surface area contributed by atoms with E-state index in [2.05, 4.69) is 50.7 Å². The highest BCUT2D eigenvalue weighted by Gasteiger charge is 1.99. The molecule has 0 N–H and O–H groups in total. The zero-order chi connectivity index (χ0) is 8.97. The molecule has 1 heteroatoms. The molecule has 0 fully saturated rings. The van der Waals surface area contributed by atoms with Gasteiger partial charge in [-0.3, -0.25) is 0 Å². The maximum atomic E-state index is 4.19. The van der Waals surface area contributed by atoms with Crippen molar-refractivity contribution in [2.24, 2.45) is 0 Å². The third kappa shape index (κ3) is 1.92. The Kier molecular flexibility index (Phi) is 3.42. The number of hydrogen-bond acceptors (Lipinski definition) is 1. The van der Waals surface area contributed by atoms with Gasteiger partial charge in [0.2, 0.25) is 0 Å². The van der Waals surface area contributed by atoms with E-state index >= 15 is 0 Å². The van der Waals surface area contributed by atoms with E-state index in [4.69, 9.17) is 0 Å². The van der Waals surface area contributed by atoms with Crippen molar-refractivity contribution in [2.75, 3.05) is 0 Å². The minimum Gasteiger partial charge on any atom is -0.151 e. The molecular formula is C11H14S. The molecule has 0 aliphatic carbocycles. The molecule has 0 bridgehead atoms. The Hall–Kier alpha value is -0.690. The van der Waals surface area contributed by atoms with Gasteiger partial charge in [0.1, 0.15) is 0 Å². The first-order chi connectivity index (χ1) is 5.79. The standard InChI is InChI=1S/C11H14S/c1-3-10(8-12)11-7-5-4-6-9(11)2/h4-8,12H,3H2,1-2H3/b10-8-. The number of allylic oxidation sites excluding steroid dienone is 1. The predicted molar refractivity (Wildman–Crippen MR) is 58.4 cm³/mol. The van der Waals surface area contributed by atoms with Crippen molar-refractivity contribution in [1.29, 1.82) is 0 Å². The summed E-state index contributed by atoms with van der Waals surface area (Å²) in [6, 6.07) is 8.39. The van der Waals surface area contributed by atoms with E-state index in [0.29, 0.717) is 0 Å². The summed E-state index contributed by atoms with van der Waals surface area (Å²) in [6.07, 6.45) is 1.04. The van der Waals surface area contributed by atoms with Crippen LogP contribution in [0.5, 0.6) is 0 Å². The summed E-state index contributed by atoms with van der Waals surface area (Å²) in [5, 5.41) is 1.89. The smallest absolute Gasteiger partial charge is 0.0190 e. The molecule has 1 rings (SSSR count). The van der Waals surface area contributed by atoms with E-state index in [1.807, 2.05) is 5.41 Å². The summed E-state index contributed by atoms with van der Waals surface area (Å²) in [5.41, 5.74) is 3.94. The number of benzene rings is 1. The van der Waals surface area contributed by atoms with Crippen LogP contribution in [0.1, 0.15) is 24.5 Å². The van der Waals surface area contributed by atoms with E-state index < -0.39 is 0 Å². The van der Waals surface area contributed by atoms with Crippen LogP contribution in [0.15, 0.2) is 29.7 Å². The molecule has 1 aromatic carbocycles. The third-order valence-corrected chi connectivity index (χ3v) is 2.34. The quantitative estimate of drug-likeness (QED) is 0.656. The molecule has 12 heavy (non-hydrogen) atoms. The zero-order valence-electron chi connectivity index (χ0n) is 7.54. The first kappa shape index (κ1) is 9.40. The second-order valence-corrected chi connectivity index (χ2v) is 3.08. The van der Waals surface area contributed by atoms with Crippen molar-refractivity contribution in [3.8, 4) is 0 Å². The van der Waals surface area contributed by atoms with Gasteiger partial charge in [-0.1, -0.05) is 31.2 Å². The highest BCUT2D eigenvalue weighted by Crippen LogP contribution is 2.21. The van der Waals surface area contributed by atoms with Gasteiger partial charge in [-0.2, -0.15) is 12.6 Å². The van der Waals surface area contributed by atoms with Gasteiger partial charge in [0.15, 0.2) is 0 Å². The molecule has 0 aliphatic rings. The van der Waals surface area contributed by atoms with Crippen LogP contribution in [0.3, 0.4) is 0 Å². The largest absolute Gasteiger partial charge is 0.151 e. The second-order valence-electron chi connectivity index (χ2n) is 2.82. The van der Waals surface area contributed by atoms with Crippen molar-refractivity contribution in [1.82, 2.24) is 0 Å². The molecule has 0 radical (unpaired) electrons. The molecule has 0 nitrogen and oxygen atoms in total. The van der Waals surface area contributed by atoms with E-state index in [9.17, 15) is 0 Å². The highest BCUT2D eigenvalue weighted by atomic mass is 32.1. The van der Waals surface area contributed by atoms with Gasteiger partial charge < -0.3 is 0 Å². The van der Waals surface area contributed by atoms with Crippen molar-refractivity contribution >= 4 is 18.2 Å². The third-order valence-electron chi connectivity index (χ3n) is 2.03. The summed E-state index contributed by atoms with van der Waals surface area (Å²) >= 11 is 4.19. The number of rotatable bonds is 2. The van der Waals surface area contributed by atoms with E-state index in [1.165, 1.54) is 16.7 Å². The lowest BCUT2D eigenvalue weighted by molar-refractivity contribution is 1.23. The molecule has 0 saturated heterocycles. The first-order valence-corrected chi connectivity index (χ1v) is 4.70. The van der Waals surface area contributed by atoms with Gasteiger partial charge in [-0.25, -0.2) is 0 Å². The topological polar surface area (TPSA) is 0 Å². The highest BCUT2D eigenvalue weighted by molar-refractivity contribution is 7.83. The molecule has 0 aromatic heterocycles. The fourth-order valence-electron chi connectivity index (χ4n) is 1.28. The van der Waals surface area contributed by atoms with E-state index in [0.717, 1.165) is 6.42 Å². The van der Waals surface area contributed by atoms with E-state index in [1.54, 1.807) is 0 Å². The maximum absolute atomic E-state index is 4.19. The van der Waals surface area contributed by atoms with Crippen LogP contribution in [0, 0.1) is 6.92 Å². The molecule has 1 aromatic rings. The van der Waals surface area contributed by atoms with Crippen molar-refractivity contribution in [3.05, 3.63) is 40.8 Å². The normalized spacial score (nSPS) is 11.8. The zero-order valence-corrected chi connectivity index (χ0v) is 8.44. The second kappa shape index (κ2) is 4.36. The van der Waals surface area contributed by atoms with Gasteiger partial charge in [0.25, 0.3) is 0 Å². The van der Waals surface area contributed by atoms with Crippen LogP contribution >= 0.6 is 12.6 Å². The fourth-order valence-corrected chi connectivity index (χ4v) is 1.61.